The Balaban J connectivity index is 2.75. The van der Waals surface area contributed by atoms with Crippen molar-refractivity contribution in [2.45, 2.75) is 39.3 Å². The molecule has 2 atom stereocenters. The third-order valence-electron chi connectivity index (χ3n) is 2.41. The van der Waals surface area contributed by atoms with Gasteiger partial charge in [-0.2, -0.15) is 0 Å². The lowest BCUT2D eigenvalue weighted by atomic mass is 10.1. The van der Waals surface area contributed by atoms with E-state index in [0.717, 1.165) is 12.2 Å². The molecule has 1 aromatic rings. The average molecular weight is 193 g/mol. The molecule has 14 heavy (non-hydrogen) atoms. The van der Waals surface area contributed by atoms with Crippen molar-refractivity contribution in [2.24, 2.45) is 5.73 Å². The van der Waals surface area contributed by atoms with Crippen LogP contribution in [-0.2, 0) is 6.42 Å². The fourth-order valence-electron chi connectivity index (χ4n) is 1.22. The maximum absolute atomic E-state index is 5.77. The molecule has 0 bridgehead atoms. The van der Waals surface area contributed by atoms with Crippen LogP contribution in [0.4, 0.5) is 0 Å². The van der Waals surface area contributed by atoms with Crippen LogP contribution in [0.2, 0.25) is 0 Å². The van der Waals surface area contributed by atoms with Crippen molar-refractivity contribution in [3.05, 3.63) is 29.8 Å². The monoisotopic (exact) mass is 193 g/mol. The second-order valence-electron chi connectivity index (χ2n) is 3.64. The number of nitrogens with two attached hydrogens (primary N) is 1. The topological polar surface area (TPSA) is 35.2 Å². The number of hydrogen-bond acceptors (Lipinski definition) is 2. The zero-order valence-electron chi connectivity index (χ0n) is 9.16. The van der Waals surface area contributed by atoms with Gasteiger partial charge in [-0.25, -0.2) is 0 Å². The molecule has 1 unspecified atom stereocenters. The number of ether oxygens (including phenoxy) is 1. The van der Waals surface area contributed by atoms with Crippen LogP contribution in [0.25, 0.3) is 0 Å². The van der Waals surface area contributed by atoms with Crippen LogP contribution >= 0.6 is 0 Å². The fourth-order valence-corrected chi connectivity index (χ4v) is 1.22. The van der Waals surface area contributed by atoms with Crippen molar-refractivity contribution < 1.29 is 4.74 Å². The number of para-hydroxylation sites is 1. The molecule has 1 aromatic carbocycles. The maximum Gasteiger partial charge on any atom is 0.122 e. The second-order valence-corrected chi connectivity index (χ2v) is 3.64. The van der Waals surface area contributed by atoms with E-state index in [0.29, 0.717) is 0 Å². The van der Waals surface area contributed by atoms with Gasteiger partial charge in [0.2, 0.25) is 0 Å². The molecule has 0 saturated carbocycles. The lowest BCUT2D eigenvalue weighted by Crippen LogP contribution is -2.33. The summed E-state index contributed by atoms with van der Waals surface area (Å²) in [5.41, 5.74) is 6.99. The van der Waals surface area contributed by atoms with E-state index >= 15 is 0 Å². The van der Waals surface area contributed by atoms with Gasteiger partial charge in [0, 0.05) is 6.04 Å². The summed E-state index contributed by atoms with van der Waals surface area (Å²) >= 11 is 0. The molecule has 0 fully saturated rings. The molecule has 2 nitrogen and oxygen atoms in total. The first kappa shape index (κ1) is 11.1. The van der Waals surface area contributed by atoms with Gasteiger partial charge in [-0.15, -0.1) is 0 Å². The van der Waals surface area contributed by atoms with Gasteiger partial charge in [-0.05, 0) is 31.9 Å². The highest BCUT2D eigenvalue weighted by molar-refractivity contribution is 5.33. The molecule has 2 N–H and O–H groups in total. The molecule has 0 aliphatic rings. The molecule has 2 heteroatoms. The highest BCUT2D eigenvalue weighted by Crippen LogP contribution is 2.20. The summed E-state index contributed by atoms with van der Waals surface area (Å²) in [7, 11) is 0. The van der Waals surface area contributed by atoms with E-state index in [4.69, 9.17) is 10.5 Å². The smallest absolute Gasteiger partial charge is 0.122 e. The Bertz CT molecular complexity index is 283. The Morgan fingerprint density at radius 2 is 1.93 bits per heavy atom. The van der Waals surface area contributed by atoms with E-state index in [1.165, 1.54) is 5.56 Å². The van der Waals surface area contributed by atoms with E-state index in [9.17, 15) is 0 Å². The molecule has 0 radical (unpaired) electrons. The van der Waals surface area contributed by atoms with Crippen molar-refractivity contribution >= 4 is 0 Å². The summed E-state index contributed by atoms with van der Waals surface area (Å²) in [5, 5.41) is 0. The molecule has 0 aliphatic heterocycles. The number of aryl methyl sites for hydroxylation is 1. The van der Waals surface area contributed by atoms with Crippen LogP contribution in [0.1, 0.15) is 26.3 Å². The highest BCUT2D eigenvalue weighted by atomic mass is 16.5. The lowest BCUT2D eigenvalue weighted by molar-refractivity contribution is 0.195. The Hall–Kier alpha value is -1.02. The van der Waals surface area contributed by atoms with Gasteiger partial charge < -0.3 is 10.5 Å². The van der Waals surface area contributed by atoms with Gasteiger partial charge in [-0.1, -0.05) is 25.1 Å². The molecule has 1 rings (SSSR count). The normalized spacial score (nSPS) is 14.9. The van der Waals surface area contributed by atoms with Crippen molar-refractivity contribution in [3.8, 4) is 5.75 Å². The van der Waals surface area contributed by atoms with Crippen molar-refractivity contribution in [2.75, 3.05) is 0 Å². The van der Waals surface area contributed by atoms with Gasteiger partial charge in [0.25, 0.3) is 0 Å². The van der Waals surface area contributed by atoms with Crippen molar-refractivity contribution in [1.82, 2.24) is 0 Å². The molecule has 0 amide bonds. The minimum Gasteiger partial charge on any atom is -0.489 e. The van der Waals surface area contributed by atoms with E-state index < -0.39 is 0 Å². The molecule has 0 aromatic heterocycles. The van der Waals surface area contributed by atoms with Gasteiger partial charge in [-0.3, -0.25) is 0 Å². The minimum absolute atomic E-state index is 0.0555. The SMILES string of the molecule is CCc1ccccc1OC(C)[C@@H](C)N. The van der Waals surface area contributed by atoms with E-state index in [-0.39, 0.29) is 12.1 Å². The maximum atomic E-state index is 5.77. The zero-order chi connectivity index (χ0) is 10.6. The quantitative estimate of drug-likeness (QED) is 0.796. The predicted molar refractivity (Wildman–Crippen MR) is 59.6 cm³/mol. The van der Waals surface area contributed by atoms with Crippen LogP contribution in [-0.4, -0.2) is 12.1 Å². The molecule has 0 spiro atoms. The third kappa shape index (κ3) is 2.74. The first-order valence-corrected chi connectivity index (χ1v) is 5.15. The first-order chi connectivity index (χ1) is 6.65. The summed E-state index contributed by atoms with van der Waals surface area (Å²) in [6, 6.07) is 8.16. The third-order valence-corrected chi connectivity index (χ3v) is 2.41. The molecule has 0 heterocycles. The van der Waals surface area contributed by atoms with Crippen LogP contribution < -0.4 is 10.5 Å². The lowest BCUT2D eigenvalue weighted by Gasteiger charge is -2.19. The van der Waals surface area contributed by atoms with Crippen LogP contribution in [0.5, 0.6) is 5.75 Å². The molecular formula is C12H19NO. The summed E-state index contributed by atoms with van der Waals surface area (Å²) in [6.45, 7) is 6.08. The summed E-state index contributed by atoms with van der Waals surface area (Å²) in [6.07, 6.45) is 1.05. The average Bonchev–Trinajstić information content (AvgIpc) is 2.18. The molecule has 78 valence electrons. The van der Waals surface area contributed by atoms with Crippen molar-refractivity contribution in [3.63, 3.8) is 0 Å². The molecule has 0 aliphatic carbocycles. The predicted octanol–water partition coefficient (Wildman–Crippen LogP) is 2.36. The number of benzene rings is 1. The van der Waals surface area contributed by atoms with Gasteiger partial charge in [0.1, 0.15) is 11.9 Å². The van der Waals surface area contributed by atoms with Crippen molar-refractivity contribution in [1.29, 1.82) is 0 Å². The largest absolute Gasteiger partial charge is 0.489 e. The second kappa shape index (κ2) is 5.01. The summed E-state index contributed by atoms with van der Waals surface area (Å²) in [5.74, 6) is 0.958. The van der Waals surface area contributed by atoms with E-state index in [1.807, 2.05) is 32.0 Å². The van der Waals surface area contributed by atoms with Crippen LogP contribution in [0.3, 0.4) is 0 Å². The summed E-state index contributed by atoms with van der Waals surface area (Å²) in [4.78, 5) is 0. The minimum atomic E-state index is 0.0555. The Morgan fingerprint density at radius 1 is 1.29 bits per heavy atom. The Labute approximate surface area is 86.1 Å². The fraction of sp³-hybridized carbons (Fsp3) is 0.500. The number of hydrogen-bond donors (Lipinski definition) is 1. The van der Waals surface area contributed by atoms with Gasteiger partial charge >= 0.3 is 0 Å². The number of rotatable bonds is 4. The standard InChI is InChI=1S/C12H19NO/c1-4-11-7-5-6-8-12(11)14-10(3)9(2)13/h5-10H,4,13H2,1-3H3/t9-,10?/m1/s1. The highest BCUT2D eigenvalue weighted by Gasteiger charge is 2.10. The van der Waals surface area contributed by atoms with E-state index in [2.05, 4.69) is 13.0 Å². The summed E-state index contributed by atoms with van der Waals surface area (Å²) < 4.78 is 5.77. The Kier molecular flexibility index (Phi) is 3.96. The van der Waals surface area contributed by atoms with Gasteiger partial charge in [0.05, 0.1) is 0 Å². The first-order valence-electron chi connectivity index (χ1n) is 5.15. The van der Waals surface area contributed by atoms with Crippen LogP contribution in [0.15, 0.2) is 24.3 Å². The van der Waals surface area contributed by atoms with E-state index in [1.54, 1.807) is 0 Å². The Morgan fingerprint density at radius 3 is 2.50 bits per heavy atom. The van der Waals surface area contributed by atoms with Gasteiger partial charge in [0.15, 0.2) is 0 Å². The zero-order valence-corrected chi connectivity index (χ0v) is 9.16. The molecule has 0 saturated heterocycles. The molecular weight excluding hydrogens is 174 g/mol. The van der Waals surface area contributed by atoms with Crippen LogP contribution in [0, 0.1) is 0 Å².